The minimum atomic E-state index is -0.848. The molecule has 174 valence electrons. The van der Waals surface area contributed by atoms with E-state index in [-0.39, 0.29) is 49.1 Å². The number of ether oxygens (including phenoxy) is 1. The molecule has 0 aliphatic carbocycles. The maximum absolute atomic E-state index is 13.0. The standard InChI is InChI=1S/C24H26N2O7/c1-15(2)16-3-5-17(6-4-16)21-20(22(28)18-7-9-19(10-8-18)26(31)32)23(29)24(30)25(21)11-13-33-14-12-27/h3-10,15,21,27-28H,11-14H2,1-2H3/t21-/m0/s1. The predicted octanol–water partition coefficient (Wildman–Crippen LogP) is 3.15. The molecule has 2 aromatic carbocycles. The van der Waals surface area contributed by atoms with Crippen LogP contribution in [0.4, 0.5) is 5.69 Å². The number of rotatable bonds is 9. The number of aliphatic hydroxyl groups is 2. The van der Waals surface area contributed by atoms with E-state index >= 15 is 0 Å². The van der Waals surface area contributed by atoms with Gasteiger partial charge in [-0.2, -0.15) is 0 Å². The largest absolute Gasteiger partial charge is 0.507 e. The molecule has 1 fully saturated rings. The zero-order chi connectivity index (χ0) is 24.1. The Kier molecular flexibility index (Phi) is 7.57. The average molecular weight is 454 g/mol. The third-order valence-electron chi connectivity index (χ3n) is 5.52. The Balaban J connectivity index is 2.06. The molecule has 2 N–H and O–H groups in total. The van der Waals surface area contributed by atoms with Crippen LogP contribution in [0.2, 0.25) is 0 Å². The van der Waals surface area contributed by atoms with Gasteiger partial charge in [0, 0.05) is 24.2 Å². The number of aliphatic hydroxyl groups excluding tert-OH is 2. The lowest BCUT2D eigenvalue weighted by Crippen LogP contribution is -2.33. The Morgan fingerprint density at radius 2 is 1.73 bits per heavy atom. The van der Waals surface area contributed by atoms with Crippen LogP contribution < -0.4 is 0 Å². The average Bonchev–Trinajstić information content (AvgIpc) is 3.06. The van der Waals surface area contributed by atoms with Crippen molar-refractivity contribution in [3.63, 3.8) is 0 Å². The smallest absolute Gasteiger partial charge is 0.295 e. The number of non-ortho nitro benzene ring substituents is 1. The van der Waals surface area contributed by atoms with Crippen molar-refractivity contribution in [2.24, 2.45) is 0 Å². The summed E-state index contributed by atoms with van der Waals surface area (Å²) in [6.07, 6.45) is 0. The summed E-state index contributed by atoms with van der Waals surface area (Å²) < 4.78 is 5.28. The molecule has 1 heterocycles. The number of hydrogen-bond acceptors (Lipinski definition) is 7. The van der Waals surface area contributed by atoms with E-state index in [1.165, 1.54) is 29.2 Å². The number of Topliss-reactive ketones (excluding diaryl/α,β-unsaturated/α-hetero) is 1. The zero-order valence-corrected chi connectivity index (χ0v) is 18.4. The number of nitro benzene ring substituents is 1. The van der Waals surface area contributed by atoms with E-state index in [0.29, 0.717) is 5.56 Å². The number of amides is 1. The van der Waals surface area contributed by atoms with Crippen LogP contribution in [-0.2, 0) is 14.3 Å². The van der Waals surface area contributed by atoms with Crippen molar-refractivity contribution < 1.29 is 29.5 Å². The molecule has 9 heteroatoms. The normalized spacial score (nSPS) is 17.7. The van der Waals surface area contributed by atoms with E-state index in [0.717, 1.165) is 5.56 Å². The molecular weight excluding hydrogens is 428 g/mol. The minimum absolute atomic E-state index is 0.0816. The van der Waals surface area contributed by atoms with Crippen molar-refractivity contribution in [1.82, 2.24) is 4.90 Å². The minimum Gasteiger partial charge on any atom is -0.507 e. The number of hydrogen-bond donors (Lipinski definition) is 2. The molecule has 2 aromatic rings. The molecule has 0 bridgehead atoms. The van der Waals surface area contributed by atoms with Crippen molar-refractivity contribution in [2.45, 2.75) is 25.8 Å². The van der Waals surface area contributed by atoms with Crippen LogP contribution in [0.1, 0.15) is 42.5 Å². The van der Waals surface area contributed by atoms with Crippen molar-refractivity contribution in [3.05, 3.63) is 80.9 Å². The lowest BCUT2D eigenvalue weighted by Gasteiger charge is -2.25. The Labute approximate surface area is 191 Å². The van der Waals surface area contributed by atoms with Crippen LogP contribution in [0.5, 0.6) is 0 Å². The number of likely N-dealkylation sites (tertiary alicyclic amines) is 1. The maximum Gasteiger partial charge on any atom is 0.295 e. The van der Waals surface area contributed by atoms with Gasteiger partial charge in [-0.1, -0.05) is 38.1 Å². The van der Waals surface area contributed by atoms with Gasteiger partial charge in [0.2, 0.25) is 0 Å². The highest BCUT2D eigenvalue weighted by molar-refractivity contribution is 6.46. The van der Waals surface area contributed by atoms with Gasteiger partial charge in [0.05, 0.1) is 36.4 Å². The molecule has 0 radical (unpaired) electrons. The molecule has 0 unspecified atom stereocenters. The lowest BCUT2D eigenvalue weighted by molar-refractivity contribution is -0.384. The quantitative estimate of drug-likeness (QED) is 0.149. The first-order valence-electron chi connectivity index (χ1n) is 10.6. The van der Waals surface area contributed by atoms with Crippen LogP contribution in [0.25, 0.3) is 5.76 Å². The van der Waals surface area contributed by atoms with Gasteiger partial charge in [-0.05, 0) is 29.2 Å². The molecule has 1 atom stereocenters. The first-order chi connectivity index (χ1) is 15.8. The predicted molar refractivity (Wildman–Crippen MR) is 121 cm³/mol. The number of nitro groups is 1. The number of nitrogens with zero attached hydrogens (tertiary/aromatic N) is 2. The highest BCUT2D eigenvalue weighted by Crippen LogP contribution is 2.39. The van der Waals surface area contributed by atoms with Gasteiger partial charge in [0.1, 0.15) is 5.76 Å². The monoisotopic (exact) mass is 454 g/mol. The fourth-order valence-corrected chi connectivity index (χ4v) is 3.75. The van der Waals surface area contributed by atoms with Crippen molar-refractivity contribution >= 4 is 23.1 Å². The van der Waals surface area contributed by atoms with E-state index < -0.39 is 28.4 Å². The third kappa shape index (κ3) is 5.10. The van der Waals surface area contributed by atoms with Gasteiger partial charge in [-0.3, -0.25) is 19.7 Å². The molecule has 0 spiro atoms. The number of carbonyl (C=O) groups excluding carboxylic acids is 2. The Bertz CT molecular complexity index is 1060. The highest BCUT2D eigenvalue weighted by atomic mass is 16.6. The van der Waals surface area contributed by atoms with Gasteiger partial charge in [0.15, 0.2) is 0 Å². The molecule has 1 aliphatic heterocycles. The van der Waals surface area contributed by atoms with Gasteiger partial charge in [0.25, 0.3) is 17.4 Å². The SMILES string of the molecule is CC(C)c1ccc([C@H]2C(=C(O)c3ccc([N+](=O)[O-])cc3)C(=O)C(=O)N2CCOCCO)cc1. The number of carbonyl (C=O) groups is 2. The molecule has 0 aromatic heterocycles. The molecule has 1 saturated heterocycles. The molecule has 1 aliphatic rings. The van der Waals surface area contributed by atoms with E-state index in [2.05, 4.69) is 0 Å². The zero-order valence-electron chi connectivity index (χ0n) is 18.4. The second-order valence-corrected chi connectivity index (χ2v) is 7.95. The third-order valence-corrected chi connectivity index (χ3v) is 5.52. The molecular formula is C24H26N2O7. The van der Waals surface area contributed by atoms with Crippen LogP contribution in [0, 0.1) is 10.1 Å². The van der Waals surface area contributed by atoms with Gasteiger partial charge < -0.3 is 19.8 Å². The number of ketones is 1. The summed E-state index contributed by atoms with van der Waals surface area (Å²) in [6.45, 7) is 4.21. The van der Waals surface area contributed by atoms with E-state index in [1.54, 1.807) is 0 Å². The number of benzene rings is 2. The van der Waals surface area contributed by atoms with Crippen LogP contribution in [-0.4, -0.2) is 58.1 Å². The summed E-state index contributed by atoms with van der Waals surface area (Å²) in [5.74, 6) is -1.73. The van der Waals surface area contributed by atoms with Crippen LogP contribution in [0.3, 0.4) is 0 Å². The summed E-state index contributed by atoms with van der Waals surface area (Å²) >= 11 is 0. The van der Waals surface area contributed by atoms with Gasteiger partial charge in [-0.15, -0.1) is 0 Å². The second kappa shape index (κ2) is 10.4. The van der Waals surface area contributed by atoms with E-state index in [9.17, 15) is 24.8 Å². The van der Waals surface area contributed by atoms with E-state index in [4.69, 9.17) is 9.84 Å². The van der Waals surface area contributed by atoms with E-state index in [1.807, 2.05) is 38.1 Å². The summed E-state index contributed by atoms with van der Waals surface area (Å²) in [4.78, 5) is 37.5. The Morgan fingerprint density at radius 1 is 1.09 bits per heavy atom. The fraction of sp³-hybridized carbons (Fsp3) is 0.333. The summed E-state index contributed by atoms with van der Waals surface area (Å²) in [7, 11) is 0. The maximum atomic E-state index is 13.0. The molecule has 33 heavy (non-hydrogen) atoms. The lowest BCUT2D eigenvalue weighted by atomic mass is 9.93. The first kappa shape index (κ1) is 24.1. The summed E-state index contributed by atoms with van der Waals surface area (Å²) in [6, 6.07) is 11.7. The molecule has 0 saturated carbocycles. The Morgan fingerprint density at radius 3 is 2.27 bits per heavy atom. The first-order valence-corrected chi connectivity index (χ1v) is 10.6. The van der Waals surface area contributed by atoms with Crippen molar-refractivity contribution in [2.75, 3.05) is 26.4 Å². The van der Waals surface area contributed by atoms with Crippen LogP contribution >= 0.6 is 0 Å². The van der Waals surface area contributed by atoms with Crippen molar-refractivity contribution in [3.8, 4) is 0 Å². The fourth-order valence-electron chi connectivity index (χ4n) is 3.75. The molecule has 1 amide bonds. The topological polar surface area (TPSA) is 130 Å². The van der Waals surface area contributed by atoms with Crippen molar-refractivity contribution in [1.29, 1.82) is 0 Å². The second-order valence-electron chi connectivity index (χ2n) is 7.95. The van der Waals surface area contributed by atoms with Gasteiger partial charge in [-0.25, -0.2) is 0 Å². The highest BCUT2D eigenvalue weighted by Gasteiger charge is 2.45. The summed E-state index contributed by atoms with van der Waals surface area (Å²) in [5, 5.41) is 30.8. The molecule has 9 nitrogen and oxygen atoms in total. The van der Waals surface area contributed by atoms with Gasteiger partial charge >= 0.3 is 0 Å². The summed E-state index contributed by atoms with van der Waals surface area (Å²) in [5.41, 5.74) is 1.67. The van der Waals surface area contributed by atoms with Crippen LogP contribution in [0.15, 0.2) is 54.1 Å². The molecule has 3 rings (SSSR count). The Hall–Kier alpha value is -3.56.